The molecule has 3 amide bonds. The van der Waals surface area contributed by atoms with Gasteiger partial charge in [-0.15, -0.1) is 6.42 Å². The molecule has 1 aliphatic heterocycles. The van der Waals surface area contributed by atoms with Gasteiger partial charge in [0.05, 0.1) is 6.10 Å². The van der Waals surface area contributed by atoms with Crippen molar-refractivity contribution in [1.29, 1.82) is 0 Å². The number of carbonyl (C=O) groups excluding carboxylic acids is 3. The Bertz CT molecular complexity index is 1120. The second-order valence-electron chi connectivity index (χ2n) is 10.5. The molecule has 0 aromatic heterocycles. The van der Waals surface area contributed by atoms with E-state index in [0.717, 1.165) is 0 Å². The van der Waals surface area contributed by atoms with Crippen LogP contribution < -0.4 is 15.4 Å². The number of halogens is 1. The van der Waals surface area contributed by atoms with Crippen molar-refractivity contribution in [3.8, 4) is 18.1 Å². The number of likely N-dealkylation sites (tertiary alicyclic amines) is 1. The Morgan fingerprint density at radius 3 is 2.54 bits per heavy atom. The lowest BCUT2D eigenvalue weighted by atomic mass is 9.85. The number of β-amino-alcohol motifs (C(OH)–C–C–N with tert-alkyl or cyclic N) is 1. The molecule has 2 aliphatic rings. The molecule has 10 nitrogen and oxygen atoms in total. The van der Waals surface area contributed by atoms with E-state index in [1.54, 1.807) is 32.9 Å². The number of carboxylic acid groups (broad SMARTS) is 1. The van der Waals surface area contributed by atoms with Crippen molar-refractivity contribution in [2.24, 2.45) is 5.41 Å². The zero-order valence-electron chi connectivity index (χ0n) is 21.0. The van der Waals surface area contributed by atoms with Crippen LogP contribution in [0.1, 0.15) is 51.2 Å². The predicted octanol–water partition coefficient (Wildman–Crippen LogP) is 0.742. The van der Waals surface area contributed by atoms with Gasteiger partial charge in [0, 0.05) is 30.6 Å². The first-order valence-corrected chi connectivity index (χ1v) is 12.0. The summed E-state index contributed by atoms with van der Waals surface area (Å²) in [7, 11) is 0. The molecule has 1 aliphatic carbocycles. The summed E-state index contributed by atoms with van der Waals surface area (Å²) < 4.78 is 19.6. The number of aliphatic hydroxyl groups is 1. The Morgan fingerprint density at radius 1 is 1.30 bits per heavy atom. The van der Waals surface area contributed by atoms with Crippen LogP contribution in [-0.4, -0.2) is 75.8 Å². The van der Waals surface area contributed by atoms with Crippen LogP contribution in [-0.2, 0) is 25.7 Å². The van der Waals surface area contributed by atoms with E-state index in [0.29, 0.717) is 11.1 Å². The minimum Gasteiger partial charge on any atom is -0.482 e. The molecule has 11 heteroatoms. The standard InChI is InChI=1S/C26H32FN3O7/c1-5-15-6-7-16(19(10-15)37-14-20(32)33)12-28-22(34)18-11-17(31)13-30(18)23(35)21(25(2,3)4)29-24(36)26(27)8-9-26/h1,6-7,10,17-18,21,31H,8-9,11-14H2,2-4H3,(H,28,34)(H,29,36)(H,32,33)/t17-,18+,21-/m1/s1. The molecule has 0 bridgehead atoms. The number of ether oxygens (including phenoxy) is 1. The fourth-order valence-corrected chi connectivity index (χ4v) is 4.08. The highest BCUT2D eigenvalue weighted by atomic mass is 19.1. The third-order valence-electron chi connectivity index (χ3n) is 6.39. The van der Waals surface area contributed by atoms with E-state index < -0.39 is 59.6 Å². The molecule has 1 saturated carbocycles. The number of carboxylic acids is 1. The van der Waals surface area contributed by atoms with E-state index in [2.05, 4.69) is 16.6 Å². The largest absolute Gasteiger partial charge is 0.482 e. The number of nitrogens with one attached hydrogen (secondary N) is 2. The van der Waals surface area contributed by atoms with Crippen molar-refractivity contribution < 1.29 is 38.5 Å². The van der Waals surface area contributed by atoms with Crippen LogP contribution in [0.25, 0.3) is 0 Å². The molecule has 37 heavy (non-hydrogen) atoms. The molecule has 1 heterocycles. The number of hydrogen-bond donors (Lipinski definition) is 4. The van der Waals surface area contributed by atoms with Gasteiger partial charge in [-0.2, -0.15) is 0 Å². The molecule has 1 aromatic rings. The van der Waals surface area contributed by atoms with Crippen LogP contribution in [0.4, 0.5) is 4.39 Å². The Hall–Kier alpha value is -3.65. The van der Waals surface area contributed by atoms with Crippen molar-refractivity contribution >= 4 is 23.7 Å². The Labute approximate surface area is 214 Å². The fraction of sp³-hybridized carbons (Fsp3) is 0.538. The lowest BCUT2D eigenvalue weighted by molar-refractivity contribution is -0.145. The lowest BCUT2D eigenvalue weighted by Gasteiger charge is -2.35. The van der Waals surface area contributed by atoms with Crippen LogP contribution in [0.5, 0.6) is 5.75 Å². The van der Waals surface area contributed by atoms with Gasteiger partial charge in [-0.1, -0.05) is 32.8 Å². The average Bonchev–Trinajstić information content (AvgIpc) is 3.46. The Kier molecular flexibility index (Phi) is 8.12. The molecule has 200 valence electrons. The Morgan fingerprint density at radius 2 is 1.97 bits per heavy atom. The van der Waals surface area contributed by atoms with Gasteiger partial charge in [0.1, 0.15) is 17.8 Å². The van der Waals surface area contributed by atoms with Crippen molar-refractivity contribution in [2.75, 3.05) is 13.2 Å². The number of benzene rings is 1. The van der Waals surface area contributed by atoms with E-state index in [-0.39, 0.29) is 38.1 Å². The first kappa shape index (κ1) is 27.9. The van der Waals surface area contributed by atoms with Gasteiger partial charge in [0.25, 0.3) is 5.91 Å². The number of rotatable bonds is 9. The molecule has 0 unspecified atom stereocenters. The topological polar surface area (TPSA) is 145 Å². The van der Waals surface area contributed by atoms with E-state index in [1.807, 2.05) is 0 Å². The number of aliphatic hydroxyl groups excluding tert-OH is 1. The summed E-state index contributed by atoms with van der Waals surface area (Å²) in [6.07, 6.45) is 4.61. The smallest absolute Gasteiger partial charge is 0.341 e. The molecule has 0 spiro atoms. The van der Waals surface area contributed by atoms with Gasteiger partial charge in [-0.05, 0) is 30.4 Å². The second kappa shape index (κ2) is 10.8. The van der Waals surface area contributed by atoms with Crippen molar-refractivity contribution in [1.82, 2.24) is 15.5 Å². The number of hydrogen-bond acceptors (Lipinski definition) is 6. The van der Waals surface area contributed by atoms with Gasteiger partial charge in [0.2, 0.25) is 11.8 Å². The number of carbonyl (C=O) groups is 4. The van der Waals surface area contributed by atoms with Crippen LogP contribution in [0.3, 0.4) is 0 Å². The normalized spacial score (nSPS) is 20.9. The third kappa shape index (κ3) is 6.77. The summed E-state index contributed by atoms with van der Waals surface area (Å²) >= 11 is 0. The van der Waals surface area contributed by atoms with Gasteiger partial charge in [-0.3, -0.25) is 14.4 Å². The van der Waals surface area contributed by atoms with Crippen LogP contribution >= 0.6 is 0 Å². The van der Waals surface area contributed by atoms with E-state index >= 15 is 0 Å². The SMILES string of the molecule is C#Cc1ccc(CNC(=O)[C@@H]2C[C@@H](O)CN2C(=O)[C@@H](NC(=O)C2(F)CC2)C(C)(C)C)c(OCC(=O)O)c1. The maximum absolute atomic E-state index is 14.3. The fourth-order valence-electron chi connectivity index (χ4n) is 4.08. The van der Waals surface area contributed by atoms with Gasteiger partial charge < -0.3 is 30.5 Å². The molecule has 3 rings (SSSR count). The van der Waals surface area contributed by atoms with Crippen molar-refractivity contribution in [3.63, 3.8) is 0 Å². The lowest BCUT2D eigenvalue weighted by Crippen LogP contribution is -2.59. The summed E-state index contributed by atoms with van der Waals surface area (Å²) in [4.78, 5) is 51.1. The van der Waals surface area contributed by atoms with E-state index in [9.17, 15) is 28.7 Å². The summed E-state index contributed by atoms with van der Waals surface area (Å²) in [5.41, 5.74) is -1.84. The van der Waals surface area contributed by atoms with E-state index in [4.69, 9.17) is 16.3 Å². The monoisotopic (exact) mass is 517 g/mol. The first-order valence-electron chi connectivity index (χ1n) is 12.0. The van der Waals surface area contributed by atoms with Gasteiger partial charge in [0.15, 0.2) is 12.3 Å². The molecule has 2 fully saturated rings. The highest BCUT2D eigenvalue weighted by molar-refractivity contribution is 5.95. The number of nitrogens with zero attached hydrogens (tertiary/aromatic N) is 1. The Balaban J connectivity index is 1.74. The highest BCUT2D eigenvalue weighted by Gasteiger charge is 2.53. The summed E-state index contributed by atoms with van der Waals surface area (Å²) in [6, 6.07) is 2.54. The van der Waals surface area contributed by atoms with Crippen molar-refractivity contribution in [2.45, 2.75) is 70.4 Å². The zero-order chi connectivity index (χ0) is 27.5. The number of amides is 3. The van der Waals surface area contributed by atoms with Crippen LogP contribution in [0.15, 0.2) is 18.2 Å². The number of terminal acetylenes is 1. The molecule has 1 aromatic carbocycles. The van der Waals surface area contributed by atoms with Crippen LogP contribution in [0.2, 0.25) is 0 Å². The summed E-state index contributed by atoms with van der Waals surface area (Å²) in [6.45, 7) is 4.36. The highest BCUT2D eigenvalue weighted by Crippen LogP contribution is 2.40. The number of aliphatic carboxylic acids is 1. The molecular weight excluding hydrogens is 485 g/mol. The summed E-state index contributed by atoms with van der Waals surface area (Å²) in [5.74, 6) is -0.577. The summed E-state index contributed by atoms with van der Waals surface area (Å²) in [5, 5.41) is 24.4. The van der Waals surface area contributed by atoms with Gasteiger partial charge >= 0.3 is 5.97 Å². The second-order valence-corrected chi connectivity index (χ2v) is 10.5. The molecule has 0 radical (unpaired) electrons. The maximum atomic E-state index is 14.3. The minimum absolute atomic E-state index is 0.0200. The molecular formula is C26H32FN3O7. The number of alkyl halides is 1. The van der Waals surface area contributed by atoms with Crippen LogP contribution in [0, 0.1) is 17.8 Å². The average molecular weight is 518 g/mol. The van der Waals surface area contributed by atoms with Gasteiger partial charge in [-0.25, -0.2) is 9.18 Å². The quantitative estimate of drug-likeness (QED) is 0.354. The molecule has 1 saturated heterocycles. The predicted molar refractivity (Wildman–Crippen MR) is 130 cm³/mol. The van der Waals surface area contributed by atoms with E-state index in [1.165, 1.54) is 11.0 Å². The molecule has 4 N–H and O–H groups in total. The minimum atomic E-state index is -1.97. The molecule has 3 atom stereocenters. The third-order valence-corrected chi connectivity index (χ3v) is 6.39. The first-order chi connectivity index (χ1) is 17.2. The zero-order valence-corrected chi connectivity index (χ0v) is 21.0. The maximum Gasteiger partial charge on any atom is 0.341 e. The van der Waals surface area contributed by atoms with Crippen molar-refractivity contribution in [3.05, 3.63) is 29.3 Å².